The minimum Gasteiger partial charge on any atom is -0.481 e. The van der Waals surface area contributed by atoms with Crippen LogP contribution in [0.3, 0.4) is 0 Å². The zero-order valence-electron chi connectivity index (χ0n) is 18.2. The summed E-state index contributed by atoms with van der Waals surface area (Å²) in [5.41, 5.74) is 0.625. The van der Waals surface area contributed by atoms with E-state index in [1.54, 1.807) is 30.9 Å². The van der Waals surface area contributed by atoms with Crippen molar-refractivity contribution in [1.29, 1.82) is 0 Å². The van der Waals surface area contributed by atoms with E-state index in [1.807, 2.05) is 6.92 Å². The van der Waals surface area contributed by atoms with E-state index in [0.29, 0.717) is 47.5 Å². The van der Waals surface area contributed by atoms with Crippen molar-refractivity contribution in [1.82, 2.24) is 9.97 Å². The number of fused-ring (bicyclic) bond motifs is 2. The van der Waals surface area contributed by atoms with Crippen LogP contribution in [0.1, 0.15) is 43.8 Å². The van der Waals surface area contributed by atoms with Gasteiger partial charge in [0.25, 0.3) is 11.8 Å². The molecule has 1 atom stereocenters. The lowest BCUT2D eigenvalue weighted by Gasteiger charge is -2.29. The predicted molar refractivity (Wildman–Crippen MR) is 116 cm³/mol. The summed E-state index contributed by atoms with van der Waals surface area (Å²) in [7, 11) is 0. The van der Waals surface area contributed by atoms with Crippen molar-refractivity contribution in [2.45, 2.75) is 39.7 Å². The SMILES string of the molecule is CCN1C(=O)COc2cc3nc(C)nc(N[C@H](C)c4cccc(C(C)(F)F)c4F)c3cc21. The Morgan fingerprint density at radius 3 is 2.72 bits per heavy atom. The van der Waals surface area contributed by atoms with E-state index in [0.717, 1.165) is 6.07 Å². The Balaban J connectivity index is 1.78. The Hall–Kier alpha value is -3.36. The topological polar surface area (TPSA) is 67.4 Å². The molecule has 0 radical (unpaired) electrons. The lowest BCUT2D eigenvalue weighted by atomic mass is 10.0. The van der Waals surface area contributed by atoms with Gasteiger partial charge in [0.05, 0.1) is 22.8 Å². The first-order chi connectivity index (χ1) is 15.1. The number of carbonyl (C=O) groups is 1. The molecule has 0 unspecified atom stereocenters. The summed E-state index contributed by atoms with van der Waals surface area (Å²) in [6.07, 6.45) is 0. The van der Waals surface area contributed by atoms with Gasteiger partial charge in [0.1, 0.15) is 23.2 Å². The number of alkyl halides is 2. The summed E-state index contributed by atoms with van der Waals surface area (Å²) in [5.74, 6) is -2.99. The maximum absolute atomic E-state index is 14.9. The van der Waals surface area contributed by atoms with E-state index in [4.69, 9.17) is 4.74 Å². The number of amides is 1. The molecular weight excluding hydrogens is 421 g/mol. The quantitative estimate of drug-likeness (QED) is 0.593. The van der Waals surface area contributed by atoms with Crippen LogP contribution in [0.5, 0.6) is 5.75 Å². The van der Waals surface area contributed by atoms with Crippen LogP contribution in [0.4, 0.5) is 24.7 Å². The average molecular weight is 444 g/mol. The predicted octanol–water partition coefficient (Wildman–Crippen LogP) is 5.11. The van der Waals surface area contributed by atoms with Crippen molar-refractivity contribution in [3.05, 3.63) is 53.1 Å². The van der Waals surface area contributed by atoms with Crippen LogP contribution < -0.4 is 15.0 Å². The molecule has 6 nitrogen and oxygen atoms in total. The molecule has 1 aliphatic heterocycles. The summed E-state index contributed by atoms with van der Waals surface area (Å²) < 4.78 is 48.0. The van der Waals surface area contributed by atoms with Gasteiger partial charge < -0.3 is 15.0 Å². The maximum Gasteiger partial charge on any atom is 0.273 e. The van der Waals surface area contributed by atoms with Crippen LogP contribution >= 0.6 is 0 Å². The molecule has 0 spiro atoms. The monoisotopic (exact) mass is 444 g/mol. The van der Waals surface area contributed by atoms with E-state index in [9.17, 15) is 18.0 Å². The number of nitrogens with one attached hydrogen (secondary N) is 1. The maximum atomic E-state index is 14.9. The normalized spacial score (nSPS) is 14.8. The number of likely N-dealkylation sites (N-methyl/N-ethyl adjacent to an activating group) is 1. The molecule has 1 amide bonds. The van der Waals surface area contributed by atoms with Gasteiger partial charge in [-0.3, -0.25) is 4.79 Å². The Morgan fingerprint density at radius 2 is 2.03 bits per heavy atom. The van der Waals surface area contributed by atoms with Crippen molar-refractivity contribution in [3.8, 4) is 5.75 Å². The molecule has 1 N–H and O–H groups in total. The molecular formula is C23H23F3N4O2. The number of rotatable bonds is 5. The first-order valence-electron chi connectivity index (χ1n) is 10.3. The molecule has 32 heavy (non-hydrogen) atoms. The van der Waals surface area contributed by atoms with Crippen molar-refractivity contribution < 1.29 is 22.7 Å². The van der Waals surface area contributed by atoms with E-state index in [-0.39, 0.29) is 18.1 Å². The molecule has 4 rings (SSSR count). The van der Waals surface area contributed by atoms with E-state index in [1.165, 1.54) is 12.1 Å². The fourth-order valence-corrected chi connectivity index (χ4v) is 3.90. The number of anilines is 2. The molecule has 3 aromatic rings. The summed E-state index contributed by atoms with van der Waals surface area (Å²) in [6, 6.07) is 6.79. The highest BCUT2D eigenvalue weighted by atomic mass is 19.3. The number of nitrogens with zero attached hydrogens (tertiary/aromatic N) is 3. The van der Waals surface area contributed by atoms with Gasteiger partial charge in [-0.05, 0) is 26.8 Å². The summed E-state index contributed by atoms with van der Waals surface area (Å²) in [4.78, 5) is 22.7. The minimum atomic E-state index is -3.30. The smallest absolute Gasteiger partial charge is 0.273 e. The molecule has 9 heteroatoms. The van der Waals surface area contributed by atoms with Gasteiger partial charge in [0.2, 0.25) is 0 Å². The molecule has 168 valence electrons. The van der Waals surface area contributed by atoms with E-state index < -0.39 is 23.3 Å². The number of aryl methyl sites for hydroxylation is 1. The number of hydrogen-bond acceptors (Lipinski definition) is 5. The number of benzene rings is 2. The standard InChI is InChI=1S/C23H23F3N4O2/c1-5-30-18-9-15-17(10-19(18)32-11-20(30)31)28-13(3)29-22(15)27-12(2)14-7-6-8-16(21(14)24)23(4,25)26/h6-10,12H,5,11H2,1-4H3,(H,27,28,29)/t12-/m1/s1. The lowest BCUT2D eigenvalue weighted by molar-refractivity contribution is -0.121. The summed E-state index contributed by atoms with van der Waals surface area (Å²) in [6.45, 7) is 6.34. The van der Waals surface area contributed by atoms with Crippen LogP contribution in [-0.2, 0) is 10.7 Å². The third kappa shape index (κ3) is 3.83. The van der Waals surface area contributed by atoms with Gasteiger partial charge in [0.15, 0.2) is 6.61 Å². The number of aromatic nitrogens is 2. The van der Waals surface area contributed by atoms with Gasteiger partial charge >= 0.3 is 0 Å². The molecule has 0 saturated carbocycles. The van der Waals surface area contributed by atoms with Crippen LogP contribution in [0.25, 0.3) is 10.9 Å². The summed E-state index contributed by atoms with van der Waals surface area (Å²) >= 11 is 0. The van der Waals surface area contributed by atoms with Crippen LogP contribution in [-0.4, -0.2) is 29.0 Å². The molecule has 0 fully saturated rings. The van der Waals surface area contributed by atoms with Gasteiger partial charge in [-0.1, -0.05) is 18.2 Å². The molecule has 1 aliphatic rings. The zero-order valence-corrected chi connectivity index (χ0v) is 18.2. The van der Waals surface area contributed by atoms with Gasteiger partial charge in [-0.15, -0.1) is 0 Å². The van der Waals surface area contributed by atoms with Crippen LogP contribution in [0.2, 0.25) is 0 Å². The third-order valence-electron chi connectivity index (χ3n) is 5.47. The fraction of sp³-hybridized carbons (Fsp3) is 0.348. The largest absolute Gasteiger partial charge is 0.481 e. The second-order valence-electron chi connectivity index (χ2n) is 7.85. The van der Waals surface area contributed by atoms with Crippen LogP contribution in [0.15, 0.2) is 30.3 Å². The number of hydrogen-bond donors (Lipinski definition) is 1. The van der Waals surface area contributed by atoms with E-state index >= 15 is 0 Å². The second-order valence-corrected chi connectivity index (χ2v) is 7.85. The molecule has 0 aliphatic carbocycles. The zero-order chi connectivity index (χ0) is 23.2. The van der Waals surface area contributed by atoms with Gasteiger partial charge in [-0.2, -0.15) is 0 Å². The molecule has 2 aromatic carbocycles. The Bertz CT molecular complexity index is 1210. The average Bonchev–Trinajstić information content (AvgIpc) is 2.71. The Labute approximate surface area is 183 Å². The minimum absolute atomic E-state index is 0.0454. The van der Waals surface area contributed by atoms with Crippen molar-refractivity contribution in [3.63, 3.8) is 0 Å². The molecule has 0 saturated heterocycles. The highest BCUT2D eigenvalue weighted by Crippen LogP contribution is 2.38. The molecule has 2 heterocycles. The summed E-state index contributed by atoms with van der Waals surface area (Å²) in [5, 5.41) is 3.74. The van der Waals surface area contributed by atoms with Gasteiger partial charge in [-0.25, -0.2) is 23.1 Å². The van der Waals surface area contributed by atoms with Crippen molar-refractivity contribution >= 4 is 28.3 Å². The lowest BCUT2D eigenvalue weighted by Crippen LogP contribution is -2.38. The van der Waals surface area contributed by atoms with Crippen molar-refractivity contribution in [2.75, 3.05) is 23.4 Å². The highest BCUT2D eigenvalue weighted by molar-refractivity contribution is 6.02. The second kappa shape index (κ2) is 7.96. The number of ether oxygens (including phenoxy) is 1. The van der Waals surface area contributed by atoms with Gasteiger partial charge in [0, 0.05) is 30.5 Å². The fourth-order valence-electron chi connectivity index (χ4n) is 3.90. The van der Waals surface area contributed by atoms with Crippen LogP contribution in [0, 0.1) is 12.7 Å². The first kappa shape index (κ1) is 21.9. The van der Waals surface area contributed by atoms with E-state index in [2.05, 4.69) is 15.3 Å². The Kier molecular flexibility index (Phi) is 5.44. The first-order valence-corrected chi connectivity index (χ1v) is 10.3. The van der Waals surface area contributed by atoms with Crippen molar-refractivity contribution in [2.24, 2.45) is 0 Å². The molecule has 0 bridgehead atoms. The Morgan fingerprint density at radius 1 is 1.28 bits per heavy atom. The number of halogens is 3. The molecule has 1 aromatic heterocycles. The number of carbonyl (C=O) groups excluding carboxylic acids is 1. The third-order valence-corrected chi connectivity index (χ3v) is 5.47. The highest BCUT2D eigenvalue weighted by Gasteiger charge is 2.30.